The quantitative estimate of drug-likeness (QED) is 0.746. The average Bonchev–Trinajstić information content (AvgIpc) is 2.95. The Morgan fingerprint density at radius 3 is 3.19 bits per heavy atom. The first-order chi connectivity index (χ1) is 7.92. The molecule has 0 saturated carbocycles. The number of hydrogen-bond acceptors (Lipinski definition) is 5. The first-order valence-corrected chi connectivity index (χ1v) is 5.63. The Balaban J connectivity index is 1.79. The summed E-state index contributed by atoms with van der Waals surface area (Å²) in [6.45, 7) is 0.686. The number of hydrogen-bond donors (Lipinski definition) is 1. The molecule has 0 aliphatic carbocycles. The molecule has 5 nitrogen and oxygen atoms in total. The van der Waals surface area contributed by atoms with Gasteiger partial charge < -0.3 is 9.72 Å². The van der Waals surface area contributed by atoms with Crippen LogP contribution in [-0.4, -0.2) is 19.0 Å². The van der Waals surface area contributed by atoms with Crippen LogP contribution in [0.3, 0.4) is 0 Å². The molecule has 0 fully saturated rings. The van der Waals surface area contributed by atoms with Crippen molar-refractivity contribution in [3.63, 3.8) is 0 Å². The molecule has 0 atom stereocenters. The van der Waals surface area contributed by atoms with E-state index in [0.29, 0.717) is 6.54 Å². The number of rotatable bonds is 3. The van der Waals surface area contributed by atoms with E-state index in [1.54, 1.807) is 6.20 Å². The molecule has 1 N–H and O–H groups in total. The molecule has 0 aromatic carbocycles. The molecule has 16 heavy (non-hydrogen) atoms. The molecule has 80 valence electrons. The normalized spacial score (nSPS) is 10.8. The van der Waals surface area contributed by atoms with E-state index in [9.17, 15) is 0 Å². The molecule has 6 heteroatoms. The summed E-state index contributed by atoms with van der Waals surface area (Å²) in [5.41, 5.74) is 1.96. The highest BCUT2D eigenvalue weighted by molar-refractivity contribution is 7.09. The minimum Gasteiger partial charge on any atom is -0.369 e. The van der Waals surface area contributed by atoms with Gasteiger partial charge in [0.25, 0.3) is 0 Å². The molecule has 3 heterocycles. The van der Waals surface area contributed by atoms with Gasteiger partial charge in [0.2, 0.25) is 0 Å². The van der Waals surface area contributed by atoms with Gasteiger partial charge in [0.15, 0.2) is 0 Å². The van der Waals surface area contributed by atoms with Crippen LogP contribution in [0.1, 0.15) is 5.69 Å². The zero-order valence-electron chi connectivity index (χ0n) is 8.37. The van der Waals surface area contributed by atoms with E-state index >= 15 is 0 Å². The van der Waals surface area contributed by atoms with Gasteiger partial charge in [0.1, 0.15) is 10.6 Å². The summed E-state index contributed by atoms with van der Waals surface area (Å²) in [5, 5.41) is 7.93. The van der Waals surface area contributed by atoms with E-state index in [1.807, 2.05) is 35.0 Å². The minimum atomic E-state index is 0.686. The van der Waals surface area contributed by atoms with Crippen LogP contribution < -0.4 is 5.32 Å². The van der Waals surface area contributed by atoms with E-state index in [1.165, 1.54) is 11.5 Å². The van der Waals surface area contributed by atoms with Crippen LogP contribution in [0.4, 0.5) is 5.00 Å². The maximum atomic E-state index is 4.48. The smallest absolute Gasteiger partial charge is 0.137 e. The molecule has 0 aliphatic rings. The molecule has 0 bridgehead atoms. The van der Waals surface area contributed by atoms with Crippen molar-refractivity contribution in [2.75, 3.05) is 5.32 Å². The monoisotopic (exact) mass is 231 g/mol. The summed E-state index contributed by atoms with van der Waals surface area (Å²) in [4.78, 5) is 4.48. The molecule has 0 spiro atoms. The van der Waals surface area contributed by atoms with Gasteiger partial charge in [0, 0.05) is 23.9 Å². The van der Waals surface area contributed by atoms with Crippen LogP contribution in [0.5, 0.6) is 0 Å². The molecule has 3 aromatic rings. The summed E-state index contributed by atoms with van der Waals surface area (Å²) < 4.78 is 5.78. The second-order valence-electron chi connectivity index (χ2n) is 3.33. The van der Waals surface area contributed by atoms with E-state index < -0.39 is 0 Å². The van der Waals surface area contributed by atoms with Gasteiger partial charge in [-0.15, -0.1) is 5.10 Å². The Labute approximate surface area is 95.9 Å². The van der Waals surface area contributed by atoms with Gasteiger partial charge >= 0.3 is 0 Å². The lowest BCUT2D eigenvalue weighted by Gasteiger charge is -1.96. The highest BCUT2D eigenvalue weighted by atomic mass is 32.1. The third-order valence-electron chi connectivity index (χ3n) is 2.22. The molecule has 0 radical (unpaired) electrons. The van der Waals surface area contributed by atoms with Crippen LogP contribution in [0, 0.1) is 0 Å². The van der Waals surface area contributed by atoms with Crippen LogP contribution >= 0.6 is 11.5 Å². The predicted octanol–water partition coefficient (Wildman–Crippen LogP) is 1.80. The number of nitrogens with zero attached hydrogens (tertiary/aromatic N) is 4. The molecule has 0 aliphatic heterocycles. The third-order valence-corrected chi connectivity index (χ3v) is 2.84. The van der Waals surface area contributed by atoms with Crippen molar-refractivity contribution in [3.8, 4) is 0 Å². The van der Waals surface area contributed by atoms with Crippen molar-refractivity contribution in [1.29, 1.82) is 0 Å². The van der Waals surface area contributed by atoms with Gasteiger partial charge in [-0.2, -0.15) is 0 Å². The van der Waals surface area contributed by atoms with Gasteiger partial charge in [-0.1, -0.05) is 10.6 Å². The number of anilines is 1. The largest absolute Gasteiger partial charge is 0.369 e. The SMILES string of the molecule is c1ccn2cc(CNc3cnns3)nc2c1. The summed E-state index contributed by atoms with van der Waals surface area (Å²) in [5.74, 6) is 0. The fraction of sp³-hybridized carbons (Fsp3) is 0.100. The Hall–Kier alpha value is -1.95. The van der Waals surface area contributed by atoms with E-state index in [0.717, 1.165) is 16.3 Å². The number of imidazole rings is 1. The standard InChI is InChI=1S/C10H9N5S/c1-2-4-15-7-8(13-9(15)3-1)5-11-10-6-12-14-16-10/h1-4,6-7,11H,5H2. The summed E-state index contributed by atoms with van der Waals surface area (Å²) in [6, 6.07) is 5.95. The highest BCUT2D eigenvalue weighted by Gasteiger charge is 2.01. The molecule has 3 rings (SSSR count). The summed E-state index contributed by atoms with van der Waals surface area (Å²) >= 11 is 1.34. The lowest BCUT2D eigenvalue weighted by atomic mass is 10.5. The Morgan fingerprint density at radius 1 is 1.38 bits per heavy atom. The van der Waals surface area contributed by atoms with Crippen molar-refractivity contribution < 1.29 is 0 Å². The van der Waals surface area contributed by atoms with Crippen LogP contribution in [-0.2, 0) is 6.54 Å². The van der Waals surface area contributed by atoms with Crippen LogP contribution in [0.2, 0.25) is 0 Å². The maximum absolute atomic E-state index is 4.48. The Bertz CT molecular complexity index is 553. The number of fused-ring (bicyclic) bond motifs is 1. The Morgan fingerprint density at radius 2 is 2.38 bits per heavy atom. The maximum Gasteiger partial charge on any atom is 0.137 e. The van der Waals surface area contributed by atoms with Crippen molar-refractivity contribution in [2.24, 2.45) is 0 Å². The average molecular weight is 231 g/mol. The molecule has 0 unspecified atom stereocenters. The number of pyridine rings is 1. The fourth-order valence-corrected chi connectivity index (χ4v) is 1.91. The lowest BCUT2D eigenvalue weighted by Crippen LogP contribution is -1.97. The summed E-state index contributed by atoms with van der Waals surface area (Å²) in [7, 11) is 0. The molecule has 0 amide bonds. The Kier molecular flexibility index (Phi) is 2.26. The number of nitrogens with one attached hydrogen (secondary N) is 1. The predicted molar refractivity (Wildman–Crippen MR) is 62.4 cm³/mol. The van der Waals surface area contributed by atoms with Crippen molar-refractivity contribution in [3.05, 3.63) is 42.5 Å². The van der Waals surface area contributed by atoms with Gasteiger partial charge in [-0.05, 0) is 12.1 Å². The lowest BCUT2D eigenvalue weighted by molar-refractivity contribution is 1.08. The zero-order chi connectivity index (χ0) is 10.8. The van der Waals surface area contributed by atoms with E-state index in [4.69, 9.17) is 0 Å². The second-order valence-corrected chi connectivity index (χ2v) is 4.12. The van der Waals surface area contributed by atoms with Crippen molar-refractivity contribution in [2.45, 2.75) is 6.54 Å². The van der Waals surface area contributed by atoms with Crippen molar-refractivity contribution >= 4 is 22.2 Å². The van der Waals surface area contributed by atoms with Gasteiger partial charge in [0.05, 0.1) is 18.4 Å². The number of aromatic nitrogens is 4. The zero-order valence-corrected chi connectivity index (χ0v) is 9.18. The van der Waals surface area contributed by atoms with E-state index in [-0.39, 0.29) is 0 Å². The molecular formula is C10H9N5S. The van der Waals surface area contributed by atoms with Crippen molar-refractivity contribution in [1.82, 2.24) is 19.0 Å². The first-order valence-electron chi connectivity index (χ1n) is 4.86. The molecule has 3 aromatic heterocycles. The summed E-state index contributed by atoms with van der Waals surface area (Å²) in [6.07, 6.45) is 5.71. The van der Waals surface area contributed by atoms with Gasteiger partial charge in [-0.25, -0.2) is 4.98 Å². The molecular weight excluding hydrogens is 222 g/mol. The van der Waals surface area contributed by atoms with Crippen LogP contribution in [0.15, 0.2) is 36.8 Å². The van der Waals surface area contributed by atoms with Gasteiger partial charge in [-0.3, -0.25) is 0 Å². The topological polar surface area (TPSA) is 55.1 Å². The first kappa shape index (κ1) is 9.29. The minimum absolute atomic E-state index is 0.686. The highest BCUT2D eigenvalue weighted by Crippen LogP contribution is 2.11. The third kappa shape index (κ3) is 1.74. The van der Waals surface area contributed by atoms with E-state index in [2.05, 4.69) is 19.9 Å². The fourth-order valence-electron chi connectivity index (χ4n) is 1.50. The molecule has 0 saturated heterocycles. The van der Waals surface area contributed by atoms with Crippen LogP contribution in [0.25, 0.3) is 5.65 Å². The second kappa shape index (κ2) is 3.90.